The van der Waals surface area contributed by atoms with E-state index in [4.69, 9.17) is 5.11 Å². The molecule has 90 heavy (non-hydrogen) atoms. The van der Waals surface area contributed by atoms with E-state index in [0.29, 0.717) is 31.0 Å². The first-order valence-electron chi connectivity index (χ1n) is 27.3. The summed E-state index contributed by atoms with van der Waals surface area (Å²) in [6.45, 7) is -9.93. The van der Waals surface area contributed by atoms with Crippen molar-refractivity contribution in [3.8, 4) is 0 Å². The van der Waals surface area contributed by atoms with Crippen LogP contribution in [-0.4, -0.2) is 284 Å². The summed E-state index contributed by atoms with van der Waals surface area (Å²) in [4.78, 5) is 271. The second kappa shape index (κ2) is 43.2. The first kappa shape index (κ1) is 79.5. The van der Waals surface area contributed by atoms with Crippen LogP contribution in [0, 0.1) is 0 Å². The lowest BCUT2D eigenvalue weighted by atomic mass is 10.2. The Kier molecular flexibility index (Phi) is 38.2. The van der Waals surface area contributed by atoms with E-state index < -0.39 is 273 Å². The van der Waals surface area contributed by atoms with Gasteiger partial charge in [0.15, 0.2) is 28.9 Å². The Morgan fingerprint density at radius 3 is 0.611 bits per heavy atom. The van der Waals surface area contributed by atoms with E-state index >= 15 is 0 Å². The molecule has 38 heteroatoms. The lowest BCUT2D eigenvalue weighted by molar-refractivity contribution is -0.146. The number of amides is 11. The van der Waals surface area contributed by atoms with E-state index in [1.54, 1.807) is 6.92 Å². The standard InChI is InChI=1S/C52H73N11O27/c1-3-53-37(70)10-5-32(65)16-54-39(72)22-60(27-49(83)84)44(77)12-7-34(67)18-56-41(74)24-62(29-51(87)88)46(79)14-9-36(69)20-58-42(75)25-63(30-52(89)90)47(80)15-8-35(68)19-57-40(73)23-61(28-50(85)86)45(78)13-6-33(66)17-55-38(71)21-59(26-48(81)82)43(76)11-4-31(2)64/h3-30H2,1-2H3,(H,53,70)(H,54,72)(H,55,71)(H,56,74)(H,57,73)(H,58,75)(H,81,82)(H,83,84)(H,85,86)(H,87,88)(H,89,90). The van der Waals surface area contributed by atoms with E-state index in [-0.39, 0.29) is 31.5 Å². The molecule has 0 atom stereocenters. The van der Waals surface area contributed by atoms with E-state index in [2.05, 4.69) is 31.9 Å². The Morgan fingerprint density at radius 2 is 0.433 bits per heavy atom. The third kappa shape index (κ3) is 39.3. The van der Waals surface area contributed by atoms with Crippen LogP contribution in [0.15, 0.2) is 0 Å². The number of aliphatic carboxylic acids is 5. The molecule has 38 nitrogen and oxygen atoms in total. The summed E-state index contributed by atoms with van der Waals surface area (Å²) in [6, 6.07) is 0. The molecule has 0 aromatic heterocycles. The zero-order valence-corrected chi connectivity index (χ0v) is 49.3. The summed E-state index contributed by atoms with van der Waals surface area (Å²) in [7, 11) is 0. The molecule has 11 amide bonds. The third-order valence-electron chi connectivity index (χ3n) is 11.6. The van der Waals surface area contributed by atoms with Crippen LogP contribution in [0.1, 0.15) is 90.9 Å². The fourth-order valence-corrected chi connectivity index (χ4v) is 7.15. The van der Waals surface area contributed by atoms with Gasteiger partial charge in [0.1, 0.15) is 71.2 Å². The summed E-state index contributed by atoms with van der Waals surface area (Å²) in [6.07, 6.45) is -6.20. The van der Waals surface area contributed by atoms with E-state index in [9.17, 15) is 126 Å². The van der Waals surface area contributed by atoms with Crippen LogP contribution in [-0.2, 0) is 105 Å². The average Bonchev–Trinajstić information content (AvgIpc) is 2.28. The molecule has 0 saturated carbocycles. The van der Waals surface area contributed by atoms with Gasteiger partial charge in [0.25, 0.3) is 0 Å². The molecule has 0 unspecified atom stereocenters. The Morgan fingerprint density at radius 1 is 0.244 bits per heavy atom. The number of hydrogen-bond donors (Lipinski definition) is 11. The minimum Gasteiger partial charge on any atom is -0.480 e. The molecule has 0 aromatic carbocycles. The van der Waals surface area contributed by atoms with Gasteiger partial charge in [0, 0.05) is 83.6 Å². The molecule has 0 aliphatic heterocycles. The zero-order chi connectivity index (χ0) is 68.6. The zero-order valence-electron chi connectivity index (χ0n) is 49.3. The van der Waals surface area contributed by atoms with Crippen LogP contribution >= 0.6 is 0 Å². The van der Waals surface area contributed by atoms with Crippen LogP contribution in [0.2, 0.25) is 0 Å². The molecule has 0 radical (unpaired) electrons. The molecule has 0 fully saturated rings. The van der Waals surface area contributed by atoms with Gasteiger partial charge in [-0.05, 0) is 13.8 Å². The molecule has 0 rings (SSSR count). The Balaban J connectivity index is 5.15. The quantitative estimate of drug-likeness (QED) is 0.0270. The lowest BCUT2D eigenvalue weighted by Crippen LogP contribution is -2.45. The van der Waals surface area contributed by atoms with Crippen LogP contribution < -0.4 is 31.9 Å². The first-order valence-corrected chi connectivity index (χ1v) is 27.3. The topological polar surface area (TPSA) is 565 Å². The van der Waals surface area contributed by atoms with Crippen molar-refractivity contribution < 1.29 is 131 Å². The predicted octanol–water partition coefficient (Wildman–Crippen LogP) is -7.61. The number of carbonyl (C=O) groups is 22. The maximum atomic E-state index is 12.9. The van der Waals surface area contributed by atoms with Gasteiger partial charge in [-0.1, -0.05) is 0 Å². The van der Waals surface area contributed by atoms with Gasteiger partial charge in [-0.25, -0.2) is 0 Å². The number of nitrogens with one attached hydrogen (secondary N) is 6. The average molecular weight is 1280 g/mol. The Hall–Kier alpha value is -10.5. The van der Waals surface area contributed by atoms with Crippen molar-refractivity contribution in [2.75, 3.05) is 105 Å². The smallest absolute Gasteiger partial charge is 0.323 e. The van der Waals surface area contributed by atoms with Crippen molar-refractivity contribution in [3.05, 3.63) is 0 Å². The molecular weight excluding hydrogens is 1210 g/mol. The maximum Gasteiger partial charge on any atom is 0.323 e. The van der Waals surface area contributed by atoms with Gasteiger partial charge < -0.3 is 86.7 Å². The van der Waals surface area contributed by atoms with Crippen molar-refractivity contribution in [3.63, 3.8) is 0 Å². The molecule has 0 spiro atoms. The van der Waals surface area contributed by atoms with Crippen LogP contribution in [0.5, 0.6) is 0 Å². The van der Waals surface area contributed by atoms with Crippen LogP contribution in [0.25, 0.3) is 0 Å². The largest absolute Gasteiger partial charge is 0.480 e. The highest BCUT2D eigenvalue weighted by molar-refractivity contribution is 5.98. The normalized spacial score (nSPS) is 10.3. The summed E-state index contributed by atoms with van der Waals surface area (Å²) < 4.78 is 0. The fourth-order valence-electron chi connectivity index (χ4n) is 7.15. The van der Waals surface area contributed by atoms with E-state index in [0.717, 1.165) is 0 Å². The third-order valence-corrected chi connectivity index (χ3v) is 11.6. The van der Waals surface area contributed by atoms with Crippen molar-refractivity contribution in [1.82, 2.24) is 56.4 Å². The molecule has 11 N–H and O–H groups in total. The molecule has 0 saturated heterocycles. The second-order valence-electron chi connectivity index (χ2n) is 19.5. The molecular formula is C52H73N11O27. The highest BCUT2D eigenvalue weighted by Crippen LogP contribution is 2.06. The number of nitrogens with zero attached hydrogens (tertiary/aromatic N) is 5. The molecule has 0 aliphatic carbocycles. The van der Waals surface area contributed by atoms with Crippen molar-refractivity contribution in [2.24, 2.45) is 0 Å². The monoisotopic (exact) mass is 1280 g/mol. The van der Waals surface area contributed by atoms with Gasteiger partial charge >= 0.3 is 29.8 Å². The number of carboxylic acid groups (broad SMARTS) is 5. The molecule has 0 bridgehead atoms. The SMILES string of the molecule is CCNC(=O)CCC(=O)CNC(=O)CN(CC(=O)O)C(=O)CCC(=O)CNC(=O)CN(CC(=O)O)C(=O)CCC(=O)CNC(=O)CN(CC(=O)O)C(=O)CCC(=O)CNC(=O)CN(CC(=O)O)C(=O)CCC(=O)CNC(=O)CN(CC(=O)O)C(=O)CCC(C)=O. The van der Waals surface area contributed by atoms with E-state index in [1.165, 1.54) is 6.92 Å². The van der Waals surface area contributed by atoms with Crippen LogP contribution in [0.3, 0.4) is 0 Å². The summed E-state index contributed by atoms with van der Waals surface area (Å²) in [5.74, 6) is -22.5. The molecule has 0 aliphatic rings. The minimum absolute atomic E-state index is 0.140. The van der Waals surface area contributed by atoms with Crippen molar-refractivity contribution in [1.29, 1.82) is 0 Å². The number of Topliss-reactive ketones (excluding diaryl/α,β-unsaturated/α-hetero) is 6. The Labute approximate surface area is 511 Å². The highest BCUT2D eigenvalue weighted by atomic mass is 16.4. The number of carboxylic acids is 5. The summed E-state index contributed by atoms with van der Waals surface area (Å²) in [5, 5.41) is 59.4. The highest BCUT2D eigenvalue weighted by Gasteiger charge is 2.27. The van der Waals surface area contributed by atoms with Gasteiger partial charge in [0.2, 0.25) is 65.0 Å². The number of carbonyl (C=O) groups excluding carboxylic acids is 17. The maximum absolute atomic E-state index is 12.9. The van der Waals surface area contributed by atoms with Gasteiger partial charge in [-0.3, -0.25) is 101 Å². The number of rotatable bonds is 49. The molecule has 0 aromatic rings. The van der Waals surface area contributed by atoms with Gasteiger partial charge in [0.05, 0.1) is 32.7 Å². The van der Waals surface area contributed by atoms with E-state index in [1.807, 2.05) is 0 Å². The predicted molar refractivity (Wildman–Crippen MR) is 296 cm³/mol. The van der Waals surface area contributed by atoms with Crippen LogP contribution in [0.4, 0.5) is 0 Å². The number of ketones is 6. The molecule has 498 valence electrons. The first-order chi connectivity index (χ1) is 42.1. The Bertz CT molecular complexity index is 2750. The second-order valence-corrected chi connectivity index (χ2v) is 19.5. The fraction of sp³-hybridized carbons (Fsp3) is 0.577. The van der Waals surface area contributed by atoms with Crippen molar-refractivity contribution >= 4 is 130 Å². The minimum atomic E-state index is -1.61. The molecule has 0 heterocycles. The van der Waals surface area contributed by atoms with Gasteiger partial charge in [-0.15, -0.1) is 0 Å². The lowest BCUT2D eigenvalue weighted by Gasteiger charge is -2.21. The van der Waals surface area contributed by atoms with Crippen molar-refractivity contribution in [2.45, 2.75) is 90.9 Å². The van der Waals surface area contributed by atoms with Gasteiger partial charge in [-0.2, -0.15) is 0 Å². The summed E-state index contributed by atoms with van der Waals surface area (Å²) in [5.41, 5.74) is 0. The number of hydrogen-bond acceptors (Lipinski definition) is 22. The summed E-state index contributed by atoms with van der Waals surface area (Å²) >= 11 is 0.